The largest absolute Gasteiger partial charge is 0.494 e. The molecular weight excluding hydrogens is 275 g/mol. The normalized spacial score (nSPS) is 11.2. The molecule has 0 fully saturated rings. The Morgan fingerprint density at radius 1 is 1.37 bits per heavy atom. The fraction of sp³-hybridized carbons (Fsp3) is 0.417. The van der Waals surface area contributed by atoms with Gasteiger partial charge in [-0.25, -0.2) is 4.39 Å². The van der Waals surface area contributed by atoms with Crippen LogP contribution in [0.25, 0.3) is 0 Å². The van der Waals surface area contributed by atoms with E-state index in [-0.39, 0.29) is 42.2 Å². The smallest absolute Gasteiger partial charge is 0.228 e. The number of methoxy groups -OCH3 is 2. The Morgan fingerprint density at radius 3 is 2.42 bits per heavy atom. The summed E-state index contributed by atoms with van der Waals surface area (Å²) in [6.07, 6.45) is 0. The van der Waals surface area contributed by atoms with Crippen molar-refractivity contribution in [1.82, 2.24) is 0 Å². The fourth-order valence-electron chi connectivity index (χ4n) is 1.32. The van der Waals surface area contributed by atoms with Gasteiger partial charge in [-0.1, -0.05) is 6.92 Å². The van der Waals surface area contributed by atoms with Gasteiger partial charge in [-0.2, -0.15) is 0 Å². The molecule has 108 valence electrons. The summed E-state index contributed by atoms with van der Waals surface area (Å²) in [5, 5.41) is 2.56. The van der Waals surface area contributed by atoms with E-state index in [1.165, 1.54) is 20.3 Å². The quantitative estimate of drug-likeness (QED) is 0.868. The number of carbonyl (C=O) groups excluding carboxylic acids is 1. The molecule has 5 nitrogen and oxygen atoms in total. The van der Waals surface area contributed by atoms with E-state index < -0.39 is 5.82 Å². The molecule has 0 saturated heterocycles. The van der Waals surface area contributed by atoms with E-state index in [0.717, 1.165) is 6.07 Å². The van der Waals surface area contributed by atoms with Crippen LogP contribution in [0.15, 0.2) is 12.1 Å². The Balaban J connectivity index is 0.00000324. The highest BCUT2D eigenvalue weighted by Gasteiger charge is 2.16. The molecule has 1 aromatic rings. The highest BCUT2D eigenvalue weighted by atomic mass is 35.5. The van der Waals surface area contributed by atoms with Crippen LogP contribution in [-0.4, -0.2) is 26.7 Å². The van der Waals surface area contributed by atoms with Crippen molar-refractivity contribution >= 4 is 24.0 Å². The average Bonchev–Trinajstić information content (AvgIpc) is 2.38. The zero-order valence-electron chi connectivity index (χ0n) is 11.0. The van der Waals surface area contributed by atoms with Gasteiger partial charge in [0.1, 0.15) is 5.75 Å². The zero-order valence-corrected chi connectivity index (χ0v) is 11.8. The Morgan fingerprint density at radius 2 is 1.95 bits per heavy atom. The molecule has 0 saturated carbocycles. The number of anilines is 1. The number of rotatable bonds is 5. The lowest BCUT2D eigenvalue weighted by atomic mass is 10.1. The van der Waals surface area contributed by atoms with Crippen LogP contribution in [0.4, 0.5) is 10.1 Å². The van der Waals surface area contributed by atoms with E-state index in [2.05, 4.69) is 5.32 Å². The molecule has 1 rings (SSSR count). The third-order valence-electron chi connectivity index (χ3n) is 2.53. The predicted octanol–water partition coefficient (Wildman–Crippen LogP) is 1.80. The molecule has 1 unspecified atom stereocenters. The van der Waals surface area contributed by atoms with E-state index in [1.807, 2.05) is 0 Å². The summed E-state index contributed by atoms with van der Waals surface area (Å²) in [7, 11) is 2.78. The van der Waals surface area contributed by atoms with Crippen molar-refractivity contribution in [3.05, 3.63) is 17.9 Å². The SMILES string of the molecule is COc1cc(OC)c(NC(=O)C(C)CN)cc1F.Cl. The van der Waals surface area contributed by atoms with Crippen LogP contribution in [0.3, 0.4) is 0 Å². The second-order valence-electron chi connectivity index (χ2n) is 3.81. The number of amides is 1. The summed E-state index contributed by atoms with van der Waals surface area (Å²) in [5.41, 5.74) is 5.64. The summed E-state index contributed by atoms with van der Waals surface area (Å²) in [6.45, 7) is 1.90. The Bertz CT molecular complexity index is 443. The maximum absolute atomic E-state index is 13.5. The molecule has 3 N–H and O–H groups in total. The first kappa shape index (κ1) is 17.5. The summed E-state index contributed by atoms with van der Waals surface area (Å²) >= 11 is 0. The minimum Gasteiger partial charge on any atom is -0.494 e. The maximum Gasteiger partial charge on any atom is 0.228 e. The molecule has 1 atom stereocenters. The number of hydrogen-bond donors (Lipinski definition) is 2. The molecule has 1 amide bonds. The average molecular weight is 293 g/mol. The van der Waals surface area contributed by atoms with Gasteiger partial charge in [0.05, 0.1) is 19.9 Å². The first-order chi connectivity index (χ1) is 8.53. The van der Waals surface area contributed by atoms with Gasteiger partial charge in [-0.05, 0) is 0 Å². The van der Waals surface area contributed by atoms with Crippen molar-refractivity contribution < 1.29 is 18.7 Å². The van der Waals surface area contributed by atoms with Crippen LogP contribution in [0.5, 0.6) is 11.5 Å². The van der Waals surface area contributed by atoms with E-state index in [4.69, 9.17) is 15.2 Å². The molecule has 0 aliphatic rings. The molecule has 0 radical (unpaired) electrons. The number of ether oxygens (including phenoxy) is 2. The van der Waals surface area contributed by atoms with Crippen molar-refractivity contribution in [1.29, 1.82) is 0 Å². The van der Waals surface area contributed by atoms with E-state index in [0.29, 0.717) is 5.75 Å². The fourth-order valence-corrected chi connectivity index (χ4v) is 1.32. The molecule has 0 bridgehead atoms. The molecular formula is C12H18ClFN2O3. The minimum absolute atomic E-state index is 0. The summed E-state index contributed by atoms with van der Waals surface area (Å²) in [5.74, 6) is -0.850. The number of halogens is 2. The van der Waals surface area contributed by atoms with Gasteiger partial charge in [-0.3, -0.25) is 4.79 Å². The molecule has 0 heterocycles. The number of benzene rings is 1. The Labute approximate surface area is 117 Å². The van der Waals surface area contributed by atoms with Gasteiger partial charge >= 0.3 is 0 Å². The van der Waals surface area contributed by atoms with Crippen molar-refractivity contribution in [3.8, 4) is 11.5 Å². The maximum atomic E-state index is 13.5. The molecule has 0 aliphatic heterocycles. The lowest BCUT2D eigenvalue weighted by Gasteiger charge is -2.14. The van der Waals surface area contributed by atoms with Gasteiger partial charge in [0.2, 0.25) is 5.91 Å². The number of nitrogens with two attached hydrogens (primary N) is 1. The topological polar surface area (TPSA) is 73.6 Å². The minimum atomic E-state index is -0.575. The van der Waals surface area contributed by atoms with Gasteiger partial charge < -0.3 is 20.5 Å². The molecule has 0 aliphatic carbocycles. The van der Waals surface area contributed by atoms with E-state index in [1.54, 1.807) is 6.92 Å². The molecule has 7 heteroatoms. The van der Waals surface area contributed by atoms with Crippen LogP contribution < -0.4 is 20.5 Å². The summed E-state index contributed by atoms with van der Waals surface area (Å²) < 4.78 is 23.4. The Kier molecular flexibility index (Phi) is 7.18. The van der Waals surface area contributed by atoms with E-state index in [9.17, 15) is 9.18 Å². The van der Waals surface area contributed by atoms with Crippen LogP contribution in [0, 0.1) is 11.7 Å². The number of hydrogen-bond acceptors (Lipinski definition) is 4. The van der Waals surface area contributed by atoms with E-state index >= 15 is 0 Å². The highest BCUT2D eigenvalue weighted by molar-refractivity contribution is 5.94. The second kappa shape index (κ2) is 7.81. The first-order valence-corrected chi connectivity index (χ1v) is 5.46. The van der Waals surface area contributed by atoms with Crippen LogP contribution in [0.2, 0.25) is 0 Å². The van der Waals surface area contributed by atoms with Gasteiger partial charge in [0.15, 0.2) is 11.6 Å². The van der Waals surface area contributed by atoms with Gasteiger partial charge in [0.25, 0.3) is 0 Å². The summed E-state index contributed by atoms with van der Waals surface area (Å²) in [4.78, 5) is 11.7. The van der Waals surface area contributed by atoms with Crippen LogP contribution >= 0.6 is 12.4 Å². The number of carbonyl (C=O) groups is 1. The molecule has 19 heavy (non-hydrogen) atoms. The summed E-state index contributed by atoms with van der Waals surface area (Å²) in [6, 6.07) is 2.52. The first-order valence-electron chi connectivity index (χ1n) is 5.46. The van der Waals surface area contributed by atoms with Gasteiger partial charge in [0, 0.05) is 24.6 Å². The van der Waals surface area contributed by atoms with Crippen LogP contribution in [0.1, 0.15) is 6.92 Å². The predicted molar refractivity (Wildman–Crippen MR) is 73.6 cm³/mol. The highest BCUT2D eigenvalue weighted by Crippen LogP contribution is 2.32. The molecule has 0 aromatic heterocycles. The lowest BCUT2D eigenvalue weighted by Crippen LogP contribution is -2.26. The second-order valence-corrected chi connectivity index (χ2v) is 3.81. The monoisotopic (exact) mass is 292 g/mol. The zero-order chi connectivity index (χ0) is 13.7. The third kappa shape index (κ3) is 4.25. The molecule has 0 spiro atoms. The van der Waals surface area contributed by atoms with Gasteiger partial charge in [-0.15, -0.1) is 12.4 Å². The lowest BCUT2D eigenvalue weighted by molar-refractivity contribution is -0.119. The van der Waals surface area contributed by atoms with Crippen molar-refractivity contribution in [3.63, 3.8) is 0 Å². The Hall–Kier alpha value is -1.53. The van der Waals surface area contributed by atoms with Crippen molar-refractivity contribution in [2.24, 2.45) is 11.7 Å². The van der Waals surface area contributed by atoms with Crippen LogP contribution in [-0.2, 0) is 4.79 Å². The third-order valence-corrected chi connectivity index (χ3v) is 2.53. The van der Waals surface area contributed by atoms with Crippen molar-refractivity contribution in [2.75, 3.05) is 26.1 Å². The number of nitrogens with one attached hydrogen (secondary N) is 1. The standard InChI is InChI=1S/C12H17FN2O3.ClH/c1-7(6-14)12(16)15-9-4-8(13)10(17-2)5-11(9)18-3;/h4-5,7H,6,14H2,1-3H3,(H,15,16);1H. The van der Waals surface area contributed by atoms with Crippen molar-refractivity contribution in [2.45, 2.75) is 6.92 Å². The molecule has 1 aromatic carbocycles.